The average Bonchev–Trinajstić information content (AvgIpc) is 3.10. The number of esters is 1. The predicted octanol–water partition coefficient (Wildman–Crippen LogP) is 0.844. The van der Waals surface area contributed by atoms with Crippen molar-refractivity contribution in [2.75, 3.05) is 6.54 Å². The van der Waals surface area contributed by atoms with Crippen LogP contribution in [0.3, 0.4) is 0 Å². The molecule has 0 bridgehead atoms. The summed E-state index contributed by atoms with van der Waals surface area (Å²) >= 11 is 0. The van der Waals surface area contributed by atoms with Crippen molar-refractivity contribution >= 4 is 17.8 Å². The zero-order chi connectivity index (χ0) is 15.8. The lowest BCUT2D eigenvalue weighted by atomic mass is 10.1. The highest BCUT2D eigenvalue weighted by atomic mass is 16.6. The van der Waals surface area contributed by atoms with E-state index in [1.165, 1.54) is 0 Å². The second-order valence-corrected chi connectivity index (χ2v) is 6.94. The molecule has 6 heteroatoms. The van der Waals surface area contributed by atoms with Gasteiger partial charge in [-0.05, 0) is 40.5 Å². The largest absolute Gasteiger partial charge is 0.458 e. The van der Waals surface area contributed by atoms with Crippen LogP contribution in [-0.4, -0.2) is 46.9 Å². The van der Waals surface area contributed by atoms with Crippen LogP contribution in [0.2, 0.25) is 0 Å². The van der Waals surface area contributed by atoms with Gasteiger partial charge in [0.25, 0.3) is 0 Å². The van der Waals surface area contributed by atoms with Gasteiger partial charge in [0.1, 0.15) is 11.6 Å². The van der Waals surface area contributed by atoms with Gasteiger partial charge in [-0.3, -0.25) is 9.59 Å². The predicted molar refractivity (Wildman–Crippen MR) is 76.3 cm³/mol. The van der Waals surface area contributed by atoms with Crippen LogP contribution in [0.15, 0.2) is 0 Å². The highest BCUT2D eigenvalue weighted by Crippen LogP contribution is 2.32. The molecule has 1 saturated heterocycles. The van der Waals surface area contributed by atoms with E-state index in [2.05, 4.69) is 5.32 Å². The Bertz CT molecular complexity index is 451. The number of carbonyl (C=O) groups is 3. The molecular weight excluding hydrogens is 272 g/mol. The molecule has 0 aromatic rings. The zero-order valence-corrected chi connectivity index (χ0v) is 13.1. The lowest BCUT2D eigenvalue weighted by Gasteiger charge is -2.23. The van der Waals surface area contributed by atoms with E-state index >= 15 is 0 Å². The van der Waals surface area contributed by atoms with E-state index in [1.54, 1.807) is 32.6 Å². The molecule has 1 aliphatic carbocycles. The molecule has 2 aliphatic rings. The number of nitrogens with one attached hydrogen (secondary N) is 1. The van der Waals surface area contributed by atoms with Crippen LogP contribution < -0.4 is 5.32 Å². The van der Waals surface area contributed by atoms with Crippen LogP contribution in [0.4, 0.5) is 0 Å². The number of nitrogens with zero attached hydrogens (tertiary/aromatic N) is 1. The number of hydrogen-bond acceptors (Lipinski definition) is 4. The van der Waals surface area contributed by atoms with Crippen LogP contribution >= 0.6 is 0 Å². The minimum absolute atomic E-state index is 0.0440. The molecule has 1 unspecified atom stereocenters. The van der Waals surface area contributed by atoms with E-state index in [0.29, 0.717) is 12.6 Å². The van der Waals surface area contributed by atoms with E-state index in [1.807, 2.05) is 0 Å². The third-order valence-corrected chi connectivity index (χ3v) is 3.64. The first kappa shape index (κ1) is 15.8. The first-order valence-corrected chi connectivity index (χ1v) is 7.50. The fourth-order valence-corrected chi connectivity index (χ4v) is 2.43. The summed E-state index contributed by atoms with van der Waals surface area (Å²) < 4.78 is 5.22. The number of rotatable bonds is 4. The molecule has 1 saturated carbocycles. The van der Waals surface area contributed by atoms with Crippen molar-refractivity contribution in [1.82, 2.24) is 10.2 Å². The summed E-state index contributed by atoms with van der Waals surface area (Å²) in [5.41, 5.74) is -0.581. The van der Waals surface area contributed by atoms with Crippen molar-refractivity contribution < 1.29 is 19.1 Å². The molecule has 2 atom stereocenters. The van der Waals surface area contributed by atoms with Gasteiger partial charge in [-0.15, -0.1) is 0 Å². The maximum atomic E-state index is 12.2. The standard InChI is InChI=1S/C15H24N2O4/c1-9(14(20)21-15(2,3)4)16-13(19)10-7-12(18)17(8-10)11-5-6-11/h9-11H,5-8H2,1-4H3,(H,16,19)/t9-,10?/m0/s1. The highest BCUT2D eigenvalue weighted by molar-refractivity contribution is 5.91. The molecule has 1 aliphatic heterocycles. The van der Waals surface area contributed by atoms with Gasteiger partial charge < -0.3 is 15.0 Å². The van der Waals surface area contributed by atoms with Gasteiger partial charge >= 0.3 is 5.97 Å². The molecule has 0 aromatic heterocycles. The van der Waals surface area contributed by atoms with E-state index in [4.69, 9.17) is 4.74 Å². The maximum absolute atomic E-state index is 12.2. The Morgan fingerprint density at radius 3 is 2.48 bits per heavy atom. The molecule has 0 spiro atoms. The molecule has 0 radical (unpaired) electrons. The third-order valence-electron chi connectivity index (χ3n) is 3.64. The minimum atomic E-state index is -0.707. The van der Waals surface area contributed by atoms with Crippen molar-refractivity contribution in [3.63, 3.8) is 0 Å². The first-order valence-electron chi connectivity index (χ1n) is 7.50. The van der Waals surface area contributed by atoms with Gasteiger partial charge in [-0.1, -0.05) is 0 Å². The van der Waals surface area contributed by atoms with Crippen LogP contribution in [-0.2, 0) is 19.1 Å². The van der Waals surface area contributed by atoms with E-state index < -0.39 is 17.6 Å². The fraction of sp³-hybridized carbons (Fsp3) is 0.800. The smallest absolute Gasteiger partial charge is 0.328 e. The van der Waals surface area contributed by atoms with Crippen LogP contribution in [0.1, 0.15) is 47.0 Å². The molecule has 2 rings (SSSR count). The van der Waals surface area contributed by atoms with Crippen LogP contribution in [0, 0.1) is 5.92 Å². The normalized spacial score (nSPS) is 23.9. The van der Waals surface area contributed by atoms with Crippen molar-refractivity contribution in [2.24, 2.45) is 5.92 Å². The Hall–Kier alpha value is -1.59. The molecule has 1 heterocycles. The van der Waals surface area contributed by atoms with Crippen LogP contribution in [0.25, 0.3) is 0 Å². The van der Waals surface area contributed by atoms with Gasteiger partial charge in [-0.25, -0.2) is 4.79 Å². The molecule has 118 valence electrons. The van der Waals surface area contributed by atoms with E-state index in [0.717, 1.165) is 12.8 Å². The minimum Gasteiger partial charge on any atom is -0.458 e. The molecular formula is C15H24N2O4. The lowest BCUT2D eigenvalue weighted by Crippen LogP contribution is -2.45. The molecule has 2 fully saturated rings. The van der Waals surface area contributed by atoms with Gasteiger partial charge in [0.05, 0.1) is 5.92 Å². The monoisotopic (exact) mass is 296 g/mol. The van der Waals surface area contributed by atoms with Crippen molar-refractivity contribution in [2.45, 2.75) is 64.6 Å². The molecule has 21 heavy (non-hydrogen) atoms. The Morgan fingerprint density at radius 2 is 1.95 bits per heavy atom. The Labute approximate surface area is 125 Å². The van der Waals surface area contributed by atoms with Gasteiger partial charge in [0, 0.05) is 19.0 Å². The summed E-state index contributed by atoms with van der Waals surface area (Å²) in [6.45, 7) is 7.41. The summed E-state index contributed by atoms with van der Waals surface area (Å²) in [4.78, 5) is 37.6. The number of hydrogen-bond donors (Lipinski definition) is 1. The highest BCUT2D eigenvalue weighted by Gasteiger charge is 2.42. The second kappa shape index (κ2) is 5.66. The Balaban J connectivity index is 1.84. The number of likely N-dealkylation sites (tertiary alicyclic amines) is 1. The average molecular weight is 296 g/mol. The van der Waals surface area contributed by atoms with Crippen molar-refractivity contribution in [3.05, 3.63) is 0 Å². The summed E-state index contributed by atoms with van der Waals surface area (Å²) in [7, 11) is 0. The Kier molecular flexibility index (Phi) is 4.25. The van der Waals surface area contributed by atoms with Gasteiger partial charge in [-0.2, -0.15) is 0 Å². The molecule has 1 N–H and O–H groups in total. The summed E-state index contributed by atoms with van der Waals surface area (Å²) in [5.74, 6) is -1.02. The number of ether oxygens (including phenoxy) is 1. The lowest BCUT2D eigenvalue weighted by molar-refractivity contribution is -0.158. The SMILES string of the molecule is C[C@H](NC(=O)C1CC(=O)N(C2CC2)C1)C(=O)OC(C)(C)C. The van der Waals surface area contributed by atoms with Gasteiger partial charge in [0.2, 0.25) is 11.8 Å². The second-order valence-electron chi connectivity index (χ2n) is 6.94. The molecule has 0 aromatic carbocycles. The van der Waals surface area contributed by atoms with Crippen LogP contribution in [0.5, 0.6) is 0 Å². The number of carbonyl (C=O) groups excluding carboxylic acids is 3. The molecule has 2 amide bonds. The number of amides is 2. The topological polar surface area (TPSA) is 75.7 Å². The maximum Gasteiger partial charge on any atom is 0.328 e. The van der Waals surface area contributed by atoms with Gasteiger partial charge in [0.15, 0.2) is 0 Å². The van der Waals surface area contributed by atoms with E-state index in [9.17, 15) is 14.4 Å². The Morgan fingerprint density at radius 1 is 1.33 bits per heavy atom. The summed E-state index contributed by atoms with van der Waals surface area (Å²) in [6.07, 6.45) is 2.31. The van der Waals surface area contributed by atoms with Crippen molar-refractivity contribution in [1.29, 1.82) is 0 Å². The first-order chi connectivity index (χ1) is 9.67. The zero-order valence-electron chi connectivity index (χ0n) is 13.1. The third kappa shape index (κ3) is 4.19. The van der Waals surface area contributed by atoms with Crippen molar-refractivity contribution in [3.8, 4) is 0 Å². The van der Waals surface area contributed by atoms with E-state index in [-0.39, 0.29) is 24.2 Å². The fourth-order valence-electron chi connectivity index (χ4n) is 2.43. The quantitative estimate of drug-likeness (QED) is 0.780. The molecule has 6 nitrogen and oxygen atoms in total. The summed E-state index contributed by atoms with van der Waals surface area (Å²) in [5, 5.41) is 2.65. The summed E-state index contributed by atoms with van der Waals surface area (Å²) in [6, 6.07) is -0.375.